The molecule has 22 heavy (non-hydrogen) atoms. The monoisotopic (exact) mass is 302 g/mol. The first-order chi connectivity index (χ1) is 10.6. The fourth-order valence-corrected chi connectivity index (χ4v) is 2.37. The van der Waals surface area contributed by atoms with Crippen molar-refractivity contribution in [3.05, 3.63) is 42.1 Å². The van der Waals surface area contributed by atoms with Crippen LogP contribution in [0.4, 0.5) is 5.88 Å². The van der Waals surface area contributed by atoms with E-state index in [2.05, 4.69) is 24.1 Å². The van der Waals surface area contributed by atoms with Gasteiger partial charge < -0.3 is 9.84 Å². The summed E-state index contributed by atoms with van der Waals surface area (Å²) in [6.07, 6.45) is 1.61. The Morgan fingerprint density at radius 3 is 2.86 bits per heavy atom. The van der Waals surface area contributed by atoms with Gasteiger partial charge in [0.05, 0.1) is 18.0 Å². The molecule has 0 amide bonds. The Morgan fingerprint density at radius 2 is 2.14 bits per heavy atom. The zero-order chi connectivity index (χ0) is 15.6. The number of aliphatic imine (C=N–C) groups is 1. The average Bonchev–Trinajstić information content (AvgIpc) is 2.95. The van der Waals surface area contributed by atoms with Crippen molar-refractivity contribution in [2.75, 3.05) is 24.8 Å². The smallest absolute Gasteiger partial charge is 0.324 e. The molecule has 116 valence electrons. The summed E-state index contributed by atoms with van der Waals surface area (Å²) in [4.78, 5) is 5.53. The van der Waals surface area contributed by atoms with Crippen molar-refractivity contribution in [3.63, 3.8) is 0 Å². The van der Waals surface area contributed by atoms with E-state index in [1.807, 2.05) is 11.1 Å². The molecule has 1 saturated heterocycles. The van der Waals surface area contributed by atoms with E-state index < -0.39 is 0 Å². The van der Waals surface area contributed by atoms with Crippen molar-refractivity contribution in [1.82, 2.24) is 5.27 Å². The third kappa shape index (κ3) is 2.94. The maximum atomic E-state index is 12.0. The summed E-state index contributed by atoms with van der Waals surface area (Å²) in [5, 5.41) is 18.0. The van der Waals surface area contributed by atoms with Gasteiger partial charge in [-0.15, -0.1) is 5.01 Å². The molecular formula is C15H18N4O3. The van der Waals surface area contributed by atoms with Crippen LogP contribution in [0.2, 0.25) is 0 Å². The lowest BCUT2D eigenvalue weighted by Gasteiger charge is -2.35. The molecule has 1 aliphatic rings. The SMILES string of the molecule is CC1(C)COCCN1[n+]1cc(N=C([O-])c2ccccc2)on1. The molecule has 0 radical (unpaired) electrons. The van der Waals surface area contributed by atoms with Crippen molar-refractivity contribution in [1.29, 1.82) is 0 Å². The lowest BCUT2D eigenvalue weighted by atomic mass is 10.1. The minimum atomic E-state index is -0.356. The molecule has 7 nitrogen and oxygen atoms in total. The molecule has 0 N–H and O–H groups in total. The second kappa shape index (κ2) is 5.76. The van der Waals surface area contributed by atoms with Crippen LogP contribution in [-0.2, 0) is 4.74 Å². The van der Waals surface area contributed by atoms with E-state index in [4.69, 9.17) is 9.26 Å². The average molecular weight is 302 g/mol. The predicted molar refractivity (Wildman–Crippen MR) is 77.3 cm³/mol. The maximum Gasteiger partial charge on any atom is 0.324 e. The Kier molecular flexibility index (Phi) is 3.81. The van der Waals surface area contributed by atoms with Gasteiger partial charge in [-0.1, -0.05) is 30.3 Å². The Morgan fingerprint density at radius 1 is 1.36 bits per heavy atom. The second-order valence-electron chi connectivity index (χ2n) is 5.73. The van der Waals surface area contributed by atoms with Crippen LogP contribution in [-0.4, -0.2) is 36.5 Å². The number of morpholine rings is 1. The molecule has 1 aliphatic heterocycles. The molecule has 1 aromatic heterocycles. The van der Waals surface area contributed by atoms with Gasteiger partial charge in [-0.2, -0.15) is 0 Å². The fraction of sp³-hybridized carbons (Fsp3) is 0.400. The van der Waals surface area contributed by atoms with Crippen LogP contribution in [0, 0.1) is 0 Å². The summed E-state index contributed by atoms with van der Waals surface area (Å²) in [5.74, 6) is -0.179. The molecular weight excluding hydrogens is 284 g/mol. The van der Waals surface area contributed by atoms with Crippen LogP contribution in [0.1, 0.15) is 19.4 Å². The highest BCUT2D eigenvalue weighted by Gasteiger charge is 2.38. The number of benzene rings is 1. The van der Waals surface area contributed by atoms with E-state index in [-0.39, 0.29) is 17.3 Å². The third-order valence-electron chi connectivity index (χ3n) is 3.53. The van der Waals surface area contributed by atoms with Gasteiger partial charge in [-0.05, 0) is 25.3 Å². The highest BCUT2D eigenvalue weighted by Crippen LogP contribution is 2.15. The molecule has 0 unspecified atom stereocenters. The molecule has 2 heterocycles. The van der Waals surface area contributed by atoms with Crippen LogP contribution in [0.15, 0.2) is 46.0 Å². The van der Waals surface area contributed by atoms with Crippen LogP contribution in [0.25, 0.3) is 0 Å². The summed E-state index contributed by atoms with van der Waals surface area (Å²) < 4.78 is 10.6. The van der Waals surface area contributed by atoms with E-state index >= 15 is 0 Å². The molecule has 1 fully saturated rings. The number of nitrogens with zero attached hydrogens (tertiary/aromatic N) is 4. The number of ether oxygens (including phenoxy) is 1. The topological polar surface area (TPSA) is 77.8 Å². The Labute approximate surface area is 128 Å². The molecule has 1 aromatic carbocycles. The molecule has 2 aromatic rings. The van der Waals surface area contributed by atoms with Crippen molar-refractivity contribution >= 4 is 11.8 Å². The number of hydrogen-bond acceptors (Lipinski definition) is 6. The molecule has 3 rings (SSSR count). The van der Waals surface area contributed by atoms with E-state index in [1.54, 1.807) is 35.3 Å². The predicted octanol–water partition coefficient (Wildman–Crippen LogP) is 0.148. The molecule has 0 saturated carbocycles. The normalized spacial score (nSPS) is 18.5. The highest BCUT2D eigenvalue weighted by atomic mass is 16.5. The van der Waals surface area contributed by atoms with E-state index in [0.29, 0.717) is 25.3 Å². The summed E-state index contributed by atoms with van der Waals surface area (Å²) in [6.45, 7) is 6.02. The maximum absolute atomic E-state index is 12.0. The summed E-state index contributed by atoms with van der Waals surface area (Å²) in [5.41, 5.74) is 0.303. The minimum Gasteiger partial charge on any atom is -0.858 e. The first kappa shape index (κ1) is 14.5. The quantitative estimate of drug-likeness (QED) is 0.458. The lowest BCUT2D eigenvalue weighted by Crippen LogP contribution is -2.71. The molecule has 0 aliphatic carbocycles. The summed E-state index contributed by atoms with van der Waals surface area (Å²) in [7, 11) is 0. The van der Waals surface area contributed by atoms with Gasteiger partial charge in [0.2, 0.25) is 5.27 Å². The van der Waals surface area contributed by atoms with E-state index in [1.165, 1.54) is 0 Å². The third-order valence-corrected chi connectivity index (χ3v) is 3.53. The van der Waals surface area contributed by atoms with Crippen molar-refractivity contribution in [2.24, 2.45) is 4.99 Å². The van der Waals surface area contributed by atoms with Gasteiger partial charge in [-0.3, -0.25) is 4.52 Å². The van der Waals surface area contributed by atoms with Crippen molar-refractivity contribution in [3.8, 4) is 0 Å². The fourth-order valence-electron chi connectivity index (χ4n) is 2.37. The molecule has 7 heteroatoms. The molecule has 0 atom stereocenters. The largest absolute Gasteiger partial charge is 0.858 e. The first-order valence-electron chi connectivity index (χ1n) is 7.12. The first-order valence-corrected chi connectivity index (χ1v) is 7.12. The lowest BCUT2D eigenvalue weighted by molar-refractivity contribution is -0.767. The Bertz CT molecular complexity index is 666. The van der Waals surface area contributed by atoms with Crippen molar-refractivity contribution < 1.29 is 19.2 Å². The molecule has 0 bridgehead atoms. The zero-order valence-corrected chi connectivity index (χ0v) is 12.6. The van der Waals surface area contributed by atoms with E-state index in [9.17, 15) is 5.11 Å². The second-order valence-corrected chi connectivity index (χ2v) is 5.73. The van der Waals surface area contributed by atoms with Gasteiger partial charge >= 0.3 is 5.88 Å². The number of hydrogen-bond donors (Lipinski definition) is 0. The highest BCUT2D eigenvalue weighted by molar-refractivity contribution is 5.91. The van der Waals surface area contributed by atoms with Gasteiger partial charge in [0.1, 0.15) is 12.1 Å². The summed E-state index contributed by atoms with van der Waals surface area (Å²) in [6, 6.07) is 8.85. The van der Waals surface area contributed by atoms with Gasteiger partial charge in [-0.25, -0.2) is 4.99 Å². The zero-order valence-electron chi connectivity index (χ0n) is 12.6. The van der Waals surface area contributed by atoms with Crippen molar-refractivity contribution in [2.45, 2.75) is 19.4 Å². The van der Waals surface area contributed by atoms with Crippen LogP contribution in [0.3, 0.4) is 0 Å². The number of rotatable bonds is 3. The van der Waals surface area contributed by atoms with Gasteiger partial charge in [0.15, 0.2) is 0 Å². The van der Waals surface area contributed by atoms with E-state index in [0.717, 1.165) is 0 Å². The number of aromatic nitrogens is 2. The minimum absolute atomic E-state index is 0.177. The molecule has 0 spiro atoms. The van der Waals surface area contributed by atoms with Gasteiger partial charge in [0, 0.05) is 0 Å². The van der Waals surface area contributed by atoms with Crippen LogP contribution in [0.5, 0.6) is 0 Å². The van der Waals surface area contributed by atoms with Gasteiger partial charge in [0.25, 0.3) is 6.20 Å². The standard InChI is InChI=1S/C15H18N4O3/c1-15(2)11-21-9-8-18(15)19-10-13(22-17-19)16-14(20)12-6-4-3-5-7-12/h3-7,10H,8-9,11H2,1-2H3. The summed E-state index contributed by atoms with van der Waals surface area (Å²) >= 11 is 0. The Hall–Kier alpha value is -2.41. The van der Waals surface area contributed by atoms with Crippen LogP contribution < -0.4 is 14.9 Å². The Balaban J connectivity index is 1.82. The van der Waals surface area contributed by atoms with Crippen LogP contribution >= 0.6 is 0 Å².